The van der Waals surface area contributed by atoms with Gasteiger partial charge in [-0.15, -0.1) is 0 Å². The number of fused-ring (bicyclic) bond motifs is 1. The van der Waals surface area contributed by atoms with Crippen molar-refractivity contribution < 1.29 is 0 Å². The third-order valence-electron chi connectivity index (χ3n) is 2.21. The summed E-state index contributed by atoms with van der Waals surface area (Å²) in [5.74, 6) is 1.19. The summed E-state index contributed by atoms with van der Waals surface area (Å²) in [4.78, 5) is 8.68. The Bertz CT molecular complexity index is 380. The van der Waals surface area contributed by atoms with E-state index < -0.39 is 0 Å². The van der Waals surface area contributed by atoms with Gasteiger partial charge in [0.15, 0.2) is 0 Å². The Balaban J connectivity index is 2.32. The van der Waals surface area contributed by atoms with Crippen LogP contribution in [0.15, 0.2) is 0 Å². The van der Waals surface area contributed by atoms with Crippen molar-refractivity contribution in [3.8, 4) is 0 Å². The van der Waals surface area contributed by atoms with E-state index in [0.29, 0.717) is 11.8 Å². The highest BCUT2D eigenvalue weighted by molar-refractivity contribution is 5.49. The Morgan fingerprint density at radius 3 is 2.67 bits per heavy atom. The summed E-state index contributed by atoms with van der Waals surface area (Å²) >= 11 is 0. The van der Waals surface area contributed by atoms with Gasteiger partial charge >= 0.3 is 0 Å². The minimum atomic E-state index is -0.0489. The maximum absolute atomic E-state index is 5.86. The van der Waals surface area contributed by atoms with E-state index in [1.807, 2.05) is 0 Å². The molecule has 5 nitrogen and oxygen atoms in total. The quantitative estimate of drug-likeness (QED) is 0.637. The number of anilines is 2. The van der Waals surface area contributed by atoms with Crippen LogP contribution in [0.2, 0.25) is 0 Å². The molecule has 0 atom stereocenters. The van der Waals surface area contributed by atoms with Crippen LogP contribution in [0.4, 0.5) is 11.8 Å². The van der Waals surface area contributed by atoms with Crippen LogP contribution in [0.25, 0.3) is 0 Å². The summed E-state index contributed by atoms with van der Waals surface area (Å²) in [5, 5.41) is 6.43. The zero-order valence-electron chi connectivity index (χ0n) is 9.39. The molecule has 0 saturated carbocycles. The number of nitrogens with one attached hydrogen (secondary N) is 2. The summed E-state index contributed by atoms with van der Waals surface area (Å²) in [6.45, 7) is 7.76. The molecule has 1 aromatic heterocycles. The Labute approximate surface area is 89.5 Å². The highest BCUT2D eigenvalue weighted by Crippen LogP contribution is 2.21. The van der Waals surface area contributed by atoms with Crippen molar-refractivity contribution in [3.05, 3.63) is 11.3 Å². The minimum absolute atomic E-state index is 0.0489. The van der Waals surface area contributed by atoms with Gasteiger partial charge in [0.05, 0.1) is 5.69 Å². The summed E-state index contributed by atoms with van der Waals surface area (Å²) in [7, 11) is 0. The minimum Gasteiger partial charge on any atom is -0.383 e. The molecule has 1 aromatic rings. The van der Waals surface area contributed by atoms with Crippen LogP contribution in [0.3, 0.4) is 0 Å². The lowest BCUT2D eigenvalue weighted by molar-refractivity contribution is 0.625. The molecule has 15 heavy (non-hydrogen) atoms. The predicted molar refractivity (Wildman–Crippen MR) is 60.4 cm³/mol. The fraction of sp³-hybridized carbons (Fsp3) is 0.600. The molecule has 1 aliphatic heterocycles. The van der Waals surface area contributed by atoms with Gasteiger partial charge in [-0.25, -0.2) is 4.98 Å². The normalized spacial score (nSPS) is 15.1. The van der Waals surface area contributed by atoms with Crippen molar-refractivity contribution in [2.75, 3.05) is 11.1 Å². The second kappa shape index (κ2) is 3.34. The Hall–Kier alpha value is -1.36. The molecule has 4 N–H and O–H groups in total. The average molecular weight is 207 g/mol. The molecule has 0 bridgehead atoms. The Morgan fingerprint density at radius 2 is 2.00 bits per heavy atom. The van der Waals surface area contributed by atoms with Gasteiger partial charge in [-0.2, -0.15) is 4.98 Å². The predicted octanol–water partition coefficient (Wildman–Crippen LogP) is 0.872. The average Bonchev–Trinajstić information content (AvgIpc) is 2.48. The van der Waals surface area contributed by atoms with E-state index in [4.69, 9.17) is 5.73 Å². The zero-order chi connectivity index (χ0) is 11.1. The van der Waals surface area contributed by atoms with Crippen molar-refractivity contribution in [2.24, 2.45) is 0 Å². The fourth-order valence-corrected chi connectivity index (χ4v) is 1.59. The standard InChI is InChI=1S/C10H17N5/c1-10(2,3)15-9-13-7-5-12-4-6(7)8(11)14-9/h12H,4-5H2,1-3H3,(H3,11,13,14,15). The second-order valence-corrected chi connectivity index (χ2v) is 4.84. The topological polar surface area (TPSA) is 75.9 Å². The van der Waals surface area contributed by atoms with Gasteiger partial charge in [0.1, 0.15) is 5.82 Å². The van der Waals surface area contributed by atoms with Gasteiger partial charge in [0, 0.05) is 24.2 Å². The van der Waals surface area contributed by atoms with Gasteiger partial charge in [-0.05, 0) is 20.8 Å². The van der Waals surface area contributed by atoms with Crippen LogP contribution in [0.5, 0.6) is 0 Å². The smallest absolute Gasteiger partial charge is 0.225 e. The molecule has 5 heteroatoms. The number of nitrogens with zero attached hydrogens (tertiary/aromatic N) is 2. The molecular weight excluding hydrogens is 190 g/mol. The van der Waals surface area contributed by atoms with Gasteiger partial charge in [-0.3, -0.25) is 0 Å². The monoisotopic (exact) mass is 207 g/mol. The van der Waals surface area contributed by atoms with E-state index in [9.17, 15) is 0 Å². The van der Waals surface area contributed by atoms with E-state index in [-0.39, 0.29) is 5.54 Å². The lowest BCUT2D eigenvalue weighted by Crippen LogP contribution is -2.27. The molecule has 0 saturated heterocycles. The summed E-state index contributed by atoms with van der Waals surface area (Å²) in [6.07, 6.45) is 0. The second-order valence-electron chi connectivity index (χ2n) is 4.84. The number of nitrogen functional groups attached to an aromatic ring is 1. The SMILES string of the molecule is CC(C)(C)Nc1nc(N)c2c(n1)CNC2. The van der Waals surface area contributed by atoms with E-state index in [2.05, 4.69) is 41.4 Å². The number of rotatable bonds is 1. The molecular formula is C10H17N5. The summed E-state index contributed by atoms with van der Waals surface area (Å²) in [6, 6.07) is 0. The largest absolute Gasteiger partial charge is 0.383 e. The third kappa shape index (κ3) is 2.18. The van der Waals surface area contributed by atoms with E-state index in [0.717, 1.165) is 24.3 Å². The molecule has 0 radical (unpaired) electrons. The van der Waals surface area contributed by atoms with Crippen LogP contribution >= 0.6 is 0 Å². The number of hydrogen-bond acceptors (Lipinski definition) is 5. The van der Waals surface area contributed by atoms with Crippen LogP contribution in [0, 0.1) is 0 Å². The molecule has 0 spiro atoms. The maximum atomic E-state index is 5.86. The molecule has 82 valence electrons. The molecule has 0 unspecified atom stereocenters. The van der Waals surface area contributed by atoms with Crippen molar-refractivity contribution in [1.82, 2.24) is 15.3 Å². The fourth-order valence-electron chi connectivity index (χ4n) is 1.59. The first-order valence-corrected chi connectivity index (χ1v) is 5.10. The number of nitrogens with two attached hydrogens (primary N) is 1. The molecule has 0 amide bonds. The Kier molecular flexibility index (Phi) is 2.26. The molecule has 2 rings (SSSR count). The maximum Gasteiger partial charge on any atom is 0.225 e. The van der Waals surface area contributed by atoms with Crippen LogP contribution in [0.1, 0.15) is 32.0 Å². The van der Waals surface area contributed by atoms with Crippen molar-refractivity contribution in [1.29, 1.82) is 0 Å². The Morgan fingerprint density at radius 1 is 1.27 bits per heavy atom. The van der Waals surface area contributed by atoms with Gasteiger partial charge in [0.2, 0.25) is 5.95 Å². The molecule has 2 heterocycles. The van der Waals surface area contributed by atoms with Gasteiger partial charge < -0.3 is 16.4 Å². The first kappa shape index (κ1) is 10.2. The highest BCUT2D eigenvalue weighted by atomic mass is 15.2. The van der Waals surface area contributed by atoms with Crippen LogP contribution < -0.4 is 16.4 Å². The lowest BCUT2D eigenvalue weighted by Gasteiger charge is -2.21. The summed E-state index contributed by atoms with van der Waals surface area (Å²) in [5.41, 5.74) is 7.86. The van der Waals surface area contributed by atoms with E-state index in [1.54, 1.807) is 0 Å². The number of hydrogen-bond donors (Lipinski definition) is 3. The van der Waals surface area contributed by atoms with Crippen molar-refractivity contribution in [3.63, 3.8) is 0 Å². The highest BCUT2D eigenvalue weighted by Gasteiger charge is 2.19. The van der Waals surface area contributed by atoms with Crippen molar-refractivity contribution in [2.45, 2.75) is 39.4 Å². The summed E-state index contributed by atoms with van der Waals surface area (Å²) < 4.78 is 0. The van der Waals surface area contributed by atoms with E-state index in [1.165, 1.54) is 0 Å². The van der Waals surface area contributed by atoms with Crippen LogP contribution in [-0.4, -0.2) is 15.5 Å². The lowest BCUT2D eigenvalue weighted by atomic mass is 10.1. The van der Waals surface area contributed by atoms with Gasteiger partial charge in [-0.1, -0.05) is 0 Å². The molecule has 0 fully saturated rings. The zero-order valence-corrected chi connectivity index (χ0v) is 9.39. The number of aromatic nitrogens is 2. The molecule has 0 aromatic carbocycles. The first-order valence-electron chi connectivity index (χ1n) is 5.10. The third-order valence-corrected chi connectivity index (χ3v) is 2.21. The molecule has 1 aliphatic rings. The molecule has 0 aliphatic carbocycles. The van der Waals surface area contributed by atoms with Crippen LogP contribution in [-0.2, 0) is 13.1 Å². The first-order chi connectivity index (χ1) is 6.96. The van der Waals surface area contributed by atoms with Crippen molar-refractivity contribution >= 4 is 11.8 Å². The van der Waals surface area contributed by atoms with E-state index >= 15 is 0 Å². The van der Waals surface area contributed by atoms with Gasteiger partial charge in [0.25, 0.3) is 0 Å².